The molecule has 1 aliphatic rings. The van der Waals surface area contributed by atoms with Crippen LogP contribution in [0.2, 0.25) is 0 Å². The highest BCUT2D eigenvalue weighted by Crippen LogP contribution is 2.57. The van der Waals surface area contributed by atoms with Gasteiger partial charge in [0.2, 0.25) is 0 Å². The second-order valence-corrected chi connectivity index (χ2v) is 8.21. The molecule has 1 aromatic carbocycles. The summed E-state index contributed by atoms with van der Waals surface area (Å²) in [6.07, 6.45) is 2.44. The molecule has 0 N–H and O–H groups in total. The predicted octanol–water partition coefficient (Wildman–Crippen LogP) is 4.10. The van der Waals surface area contributed by atoms with Crippen LogP contribution in [-0.4, -0.2) is 19.2 Å². The standard InChI is InChI=1S/C12H10F3S.CH4O3S/c13-12(14,15)16-10-4-2-1-3-9(10)7-11(16)8-5-6-8;1-5(2,3)4/h1-4,7-8H,5-6H2;1H3,(H,2,3,4)/q+1;/p-1. The van der Waals surface area contributed by atoms with Gasteiger partial charge in [-0.05, 0) is 25.0 Å². The summed E-state index contributed by atoms with van der Waals surface area (Å²) in [5.74, 6) is 0.178. The number of halogens is 3. The van der Waals surface area contributed by atoms with Gasteiger partial charge in [-0.25, -0.2) is 8.42 Å². The number of hydrogen-bond donors (Lipinski definition) is 0. The fourth-order valence-corrected chi connectivity index (χ4v) is 4.20. The molecule has 1 fully saturated rings. The van der Waals surface area contributed by atoms with Crippen LogP contribution in [0.15, 0.2) is 30.3 Å². The Labute approximate surface area is 123 Å². The summed E-state index contributed by atoms with van der Waals surface area (Å²) in [6, 6.07) is 8.62. The second-order valence-electron chi connectivity index (χ2n) is 4.81. The Hall–Kier alpha value is -1.12. The molecule has 8 heteroatoms. The van der Waals surface area contributed by atoms with Crippen LogP contribution in [-0.2, 0) is 15.6 Å². The molecule has 2 aromatic rings. The minimum Gasteiger partial charge on any atom is -0.748 e. The maximum atomic E-state index is 13.0. The number of thiophene rings is 1. The van der Waals surface area contributed by atoms with Gasteiger partial charge in [-0.2, -0.15) is 0 Å². The third kappa shape index (κ3) is 4.42. The van der Waals surface area contributed by atoms with Crippen molar-refractivity contribution >= 4 is 30.7 Å². The Kier molecular flexibility index (Phi) is 4.32. The molecule has 0 saturated heterocycles. The predicted molar refractivity (Wildman–Crippen MR) is 75.3 cm³/mol. The highest BCUT2D eigenvalue weighted by atomic mass is 32.2. The van der Waals surface area contributed by atoms with Crippen molar-refractivity contribution < 1.29 is 26.1 Å². The van der Waals surface area contributed by atoms with Crippen LogP contribution in [0.3, 0.4) is 0 Å². The summed E-state index contributed by atoms with van der Waals surface area (Å²) in [5, 5.41) is 0.755. The molecule has 1 atom stereocenters. The molecule has 3 rings (SSSR count). The van der Waals surface area contributed by atoms with E-state index < -0.39 is 26.1 Å². The van der Waals surface area contributed by atoms with Crippen molar-refractivity contribution in [1.82, 2.24) is 0 Å². The van der Waals surface area contributed by atoms with Crippen LogP contribution in [0.4, 0.5) is 13.2 Å². The van der Waals surface area contributed by atoms with Crippen LogP contribution < -0.4 is 0 Å². The van der Waals surface area contributed by atoms with Crippen molar-refractivity contribution in [2.75, 3.05) is 6.26 Å². The summed E-state index contributed by atoms with van der Waals surface area (Å²) < 4.78 is 66.8. The number of fused-ring (bicyclic) bond motifs is 1. The van der Waals surface area contributed by atoms with Gasteiger partial charge in [0.25, 0.3) is 0 Å². The summed E-state index contributed by atoms with van der Waals surface area (Å²) in [6.45, 7) is 0. The van der Waals surface area contributed by atoms with E-state index in [1.807, 2.05) is 0 Å². The summed E-state index contributed by atoms with van der Waals surface area (Å²) in [4.78, 5) is 0.605. The van der Waals surface area contributed by atoms with Gasteiger partial charge in [0.1, 0.15) is 0 Å². The van der Waals surface area contributed by atoms with Crippen molar-refractivity contribution in [3.63, 3.8) is 0 Å². The Bertz CT molecular complexity index is 736. The lowest BCUT2D eigenvalue weighted by atomic mass is 10.2. The molecule has 0 radical (unpaired) electrons. The molecule has 0 amide bonds. The van der Waals surface area contributed by atoms with Gasteiger partial charge in [-0.15, -0.1) is 13.2 Å². The van der Waals surface area contributed by atoms with Gasteiger partial charge >= 0.3 is 5.51 Å². The van der Waals surface area contributed by atoms with Crippen LogP contribution in [0.5, 0.6) is 0 Å². The lowest BCUT2D eigenvalue weighted by Crippen LogP contribution is -1.97. The van der Waals surface area contributed by atoms with Gasteiger partial charge < -0.3 is 4.55 Å². The molecule has 21 heavy (non-hydrogen) atoms. The molecule has 1 heterocycles. The molecular formula is C13H13F3O3S2. The molecule has 1 aromatic heterocycles. The van der Waals surface area contributed by atoms with Gasteiger partial charge in [-0.3, -0.25) is 0 Å². The first kappa shape index (κ1) is 16.3. The van der Waals surface area contributed by atoms with Crippen LogP contribution >= 0.6 is 10.5 Å². The van der Waals surface area contributed by atoms with E-state index in [1.54, 1.807) is 30.3 Å². The van der Waals surface area contributed by atoms with E-state index in [0.29, 0.717) is 15.8 Å². The molecule has 0 aliphatic heterocycles. The maximum Gasteiger partial charge on any atom is 0.600 e. The Morgan fingerprint density at radius 3 is 2.24 bits per heavy atom. The third-order valence-electron chi connectivity index (χ3n) is 2.88. The summed E-state index contributed by atoms with van der Waals surface area (Å²) in [5.41, 5.74) is -4.12. The van der Waals surface area contributed by atoms with E-state index in [1.165, 1.54) is 0 Å². The van der Waals surface area contributed by atoms with E-state index in [-0.39, 0.29) is 5.92 Å². The van der Waals surface area contributed by atoms with Crippen molar-refractivity contribution in [3.8, 4) is 0 Å². The number of benzene rings is 1. The molecule has 1 unspecified atom stereocenters. The summed E-state index contributed by atoms with van der Waals surface area (Å²) >= 11 is 0. The fourth-order valence-electron chi connectivity index (χ4n) is 2.04. The maximum absolute atomic E-state index is 13.0. The lowest BCUT2D eigenvalue weighted by molar-refractivity contribution is -0.0867. The molecule has 3 nitrogen and oxygen atoms in total. The van der Waals surface area contributed by atoms with Gasteiger partial charge in [-0.1, -0.05) is 12.1 Å². The average Bonchev–Trinajstić information content (AvgIpc) is 3.05. The molecular weight excluding hydrogens is 325 g/mol. The van der Waals surface area contributed by atoms with Crippen LogP contribution in [0.1, 0.15) is 23.6 Å². The van der Waals surface area contributed by atoms with E-state index >= 15 is 0 Å². The Balaban J connectivity index is 0.000000282. The minimum absolute atomic E-state index is 0.178. The number of alkyl halides is 3. The van der Waals surface area contributed by atoms with E-state index in [9.17, 15) is 13.2 Å². The topological polar surface area (TPSA) is 57.2 Å². The van der Waals surface area contributed by atoms with Gasteiger partial charge in [0.05, 0.1) is 20.6 Å². The second kappa shape index (κ2) is 5.58. The number of rotatable bonds is 1. The van der Waals surface area contributed by atoms with Crippen molar-refractivity contribution in [3.05, 3.63) is 35.2 Å². The highest BCUT2D eigenvalue weighted by molar-refractivity contribution is 7.84. The first-order valence-corrected chi connectivity index (χ1v) is 9.14. The monoisotopic (exact) mass is 338 g/mol. The largest absolute Gasteiger partial charge is 0.748 e. The highest BCUT2D eigenvalue weighted by Gasteiger charge is 2.50. The quantitative estimate of drug-likeness (QED) is 0.581. The zero-order chi connectivity index (χ0) is 15.8. The Morgan fingerprint density at radius 1 is 1.24 bits per heavy atom. The molecule has 0 bridgehead atoms. The van der Waals surface area contributed by atoms with Gasteiger partial charge in [0, 0.05) is 23.6 Å². The smallest absolute Gasteiger partial charge is 0.600 e. The van der Waals surface area contributed by atoms with E-state index in [2.05, 4.69) is 0 Å². The van der Waals surface area contributed by atoms with Crippen molar-refractivity contribution in [2.45, 2.75) is 24.3 Å². The molecule has 1 saturated carbocycles. The zero-order valence-electron chi connectivity index (χ0n) is 11.1. The minimum atomic E-state index is -4.12. The molecule has 0 spiro atoms. The SMILES string of the molecule is CS(=O)(=O)[O-].FC(F)(F)[s+]1c(C2CC2)cc2ccccc21. The van der Waals surface area contributed by atoms with Gasteiger partial charge in [0.15, 0.2) is 9.58 Å². The van der Waals surface area contributed by atoms with Crippen LogP contribution in [0.25, 0.3) is 10.1 Å². The molecule has 116 valence electrons. The molecule has 1 aliphatic carbocycles. The summed E-state index contributed by atoms with van der Waals surface area (Å²) in [7, 11) is -5.58. The average molecular weight is 338 g/mol. The fraction of sp³-hybridized carbons (Fsp3) is 0.385. The zero-order valence-corrected chi connectivity index (χ0v) is 12.7. The van der Waals surface area contributed by atoms with E-state index in [0.717, 1.165) is 18.2 Å². The van der Waals surface area contributed by atoms with Crippen molar-refractivity contribution in [2.24, 2.45) is 0 Å². The van der Waals surface area contributed by atoms with Crippen LogP contribution in [0, 0.1) is 0 Å². The Morgan fingerprint density at radius 2 is 1.76 bits per heavy atom. The lowest BCUT2D eigenvalue weighted by Gasteiger charge is -1.98. The van der Waals surface area contributed by atoms with E-state index in [4.69, 9.17) is 13.0 Å². The third-order valence-corrected chi connectivity index (χ3v) is 5.08. The number of hydrogen-bond acceptors (Lipinski definition) is 3. The van der Waals surface area contributed by atoms with Crippen molar-refractivity contribution in [1.29, 1.82) is 0 Å². The first-order valence-electron chi connectivity index (χ1n) is 6.10. The normalized spacial score (nSPS) is 16.5. The first-order chi connectivity index (χ1) is 9.57.